The first-order valence-corrected chi connectivity index (χ1v) is 10.6. The lowest BCUT2D eigenvalue weighted by Crippen LogP contribution is -2.43. The van der Waals surface area contributed by atoms with Crippen LogP contribution in [0.2, 0.25) is 0 Å². The average Bonchev–Trinajstić information content (AvgIpc) is 3.09. The van der Waals surface area contributed by atoms with Gasteiger partial charge in [0.25, 0.3) is 0 Å². The van der Waals surface area contributed by atoms with Crippen molar-refractivity contribution in [2.45, 2.75) is 63.7 Å². The minimum Gasteiger partial charge on any atom is -0.342 e. The highest BCUT2D eigenvalue weighted by molar-refractivity contribution is 6.03. The van der Waals surface area contributed by atoms with Crippen LogP contribution < -0.4 is 5.32 Å². The number of aromatic nitrogens is 2. The molecular weight excluding hydrogens is 398 g/mol. The van der Waals surface area contributed by atoms with Gasteiger partial charge in [-0.25, -0.2) is 8.78 Å². The lowest BCUT2D eigenvalue weighted by atomic mass is 9.60. The van der Waals surface area contributed by atoms with Crippen LogP contribution in [0.25, 0.3) is 0 Å². The molecule has 1 aliphatic heterocycles. The number of alkyl halides is 2. The third kappa shape index (κ3) is 2.92. The molecule has 1 atom stereocenters. The summed E-state index contributed by atoms with van der Waals surface area (Å²) in [4.78, 5) is 13.5. The number of aromatic amines is 1. The maximum absolute atomic E-state index is 13.7. The van der Waals surface area contributed by atoms with E-state index < -0.39 is 11.3 Å². The number of fused-ring (bicyclic) bond motifs is 1. The Bertz CT molecular complexity index is 1180. The zero-order valence-electron chi connectivity index (χ0n) is 17.8. The molecule has 2 aromatic rings. The molecule has 0 amide bonds. The normalized spacial score (nSPS) is 26.4. The standard InChI is InChI=1S/C24H24F2N4O/c1-22(2)10-16-18(17(31)11-22)23(3,15-6-4-5-13(7-15)12-27)19-20(29-30-21(19)28-16)14-8-24(25,26)9-14/h4-7,14H,8-11H2,1-3H3,(H2,28,29,30). The maximum Gasteiger partial charge on any atom is 0.249 e. The van der Waals surface area contributed by atoms with Crippen LogP contribution in [-0.4, -0.2) is 21.9 Å². The van der Waals surface area contributed by atoms with Crippen LogP contribution >= 0.6 is 0 Å². The first kappa shape index (κ1) is 19.9. The number of anilines is 1. The van der Waals surface area contributed by atoms with Crippen molar-refractivity contribution in [1.82, 2.24) is 10.2 Å². The van der Waals surface area contributed by atoms with Crippen molar-refractivity contribution >= 4 is 11.6 Å². The van der Waals surface area contributed by atoms with Crippen molar-refractivity contribution in [3.05, 3.63) is 57.9 Å². The van der Waals surface area contributed by atoms with Gasteiger partial charge in [-0.1, -0.05) is 26.0 Å². The molecule has 5 rings (SSSR count). The molecule has 3 aliphatic rings. The van der Waals surface area contributed by atoms with Crippen LogP contribution in [0.1, 0.15) is 74.8 Å². The molecule has 5 nitrogen and oxygen atoms in total. The number of nitrogens with one attached hydrogen (secondary N) is 2. The van der Waals surface area contributed by atoms with E-state index in [9.17, 15) is 18.8 Å². The molecule has 7 heteroatoms. The Hall–Kier alpha value is -3.01. The molecule has 1 unspecified atom stereocenters. The third-order valence-corrected chi connectivity index (χ3v) is 7.01. The summed E-state index contributed by atoms with van der Waals surface area (Å²) in [7, 11) is 0. The van der Waals surface area contributed by atoms with E-state index in [1.54, 1.807) is 18.2 Å². The number of allylic oxidation sites excluding steroid dienone is 2. The highest BCUT2D eigenvalue weighted by Gasteiger charge is 2.53. The number of halogens is 2. The largest absolute Gasteiger partial charge is 0.342 e. The molecule has 0 bridgehead atoms. The zero-order chi connectivity index (χ0) is 22.2. The van der Waals surface area contributed by atoms with Gasteiger partial charge in [0.15, 0.2) is 11.6 Å². The van der Waals surface area contributed by atoms with Crippen LogP contribution in [0.15, 0.2) is 35.5 Å². The monoisotopic (exact) mass is 422 g/mol. The van der Waals surface area contributed by atoms with Crippen molar-refractivity contribution < 1.29 is 13.6 Å². The highest BCUT2D eigenvalue weighted by Crippen LogP contribution is 2.57. The topological polar surface area (TPSA) is 81.6 Å². The highest BCUT2D eigenvalue weighted by atomic mass is 19.3. The van der Waals surface area contributed by atoms with Gasteiger partial charge in [0.1, 0.15) is 0 Å². The number of Topliss-reactive ketones (excluding diaryl/α,β-unsaturated/α-hetero) is 1. The number of hydrogen-bond donors (Lipinski definition) is 2. The number of carbonyl (C=O) groups is 1. The fourth-order valence-corrected chi connectivity index (χ4v) is 5.58. The van der Waals surface area contributed by atoms with Gasteiger partial charge in [-0.15, -0.1) is 0 Å². The minimum atomic E-state index is -2.67. The molecule has 1 aromatic heterocycles. The van der Waals surface area contributed by atoms with Gasteiger partial charge in [-0.2, -0.15) is 10.4 Å². The van der Waals surface area contributed by atoms with E-state index in [0.29, 0.717) is 35.5 Å². The van der Waals surface area contributed by atoms with E-state index in [0.717, 1.165) is 16.8 Å². The molecule has 0 saturated heterocycles. The predicted molar refractivity (Wildman–Crippen MR) is 112 cm³/mol. The van der Waals surface area contributed by atoms with Gasteiger partial charge in [-0.3, -0.25) is 9.89 Å². The zero-order valence-corrected chi connectivity index (χ0v) is 17.8. The molecular formula is C24H24F2N4O. The number of rotatable bonds is 2. The van der Waals surface area contributed by atoms with Gasteiger partial charge >= 0.3 is 0 Å². The van der Waals surface area contributed by atoms with Crippen molar-refractivity contribution in [2.24, 2.45) is 5.41 Å². The summed E-state index contributed by atoms with van der Waals surface area (Å²) in [6.45, 7) is 6.09. The molecule has 1 aromatic carbocycles. The second kappa shape index (κ2) is 6.25. The van der Waals surface area contributed by atoms with E-state index >= 15 is 0 Å². The van der Waals surface area contributed by atoms with Crippen LogP contribution in [0.4, 0.5) is 14.6 Å². The van der Waals surface area contributed by atoms with Crippen molar-refractivity contribution in [1.29, 1.82) is 5.26 Å². The maximum atomic E-state index is 13.7. The predicted octanol–water partition coefficient (Wildman–Crippen LogP) is 5.17. The Morgan fingerprint density at radius 2 is 1.94 bits per heavy atom. The van der Waals surface area contributed by atoms with Gasteiger partial charge < -0.3 is 5.32 Å². The van der Waals surface area contributed by atoms with E-state index in [-0.39, 0.29) is 30.0 Å². The SMILES string of the molecule is CC1(C)CC(=O)C2=C(C1)Nc1n[nH]c(C3CC(F)(F)C3)c1C2(C)c1cccc(C#N)c1. The Kier molecular flexibility index (Phi) is 4.02. The van der Waals surface area contributed by atoms with Crippen molar-refractivity contribution in [2.75, 3.05) is 5.32 Å². The van der Waals surface area contributed by atoms with Crippen molar-refractivity contribution in [3.63, 3.8) is 0 Å². The van der Waals surface area contributed by atoms with Gasteiger partial charge in [0.2, 0.25) is 5.92 Å². The van der Waals surface area contributed by atoms with Gasteiger partial charge in [-0.05, 0) is 36.5 Å². The Morgan fingerprint density at radius 1 is 1.19 bits per heavy atom. The summed E-state index contributed by atoms with van der Waals surface area (Å²) in [5.41, 5.74) is 3.10. The minimum absolute atomic E-state index is 0.0420. The number of benzene rings is 1. The van der Waals surface area contributed by atoms with Crippen LogP contribution in [0.5, 0.6) is 0 Å². The summed E-state index contributed by atoms with van der Waals surface area (Å²) >= 11 is 0. The van der Waals surface area contributed by atoms with Crippen LogP contribution in [-0.2, 0) is 10.2 Å². The molecule has 1 fully saturated rings. The third-order valence-electron chi connectivity index (χ3n) is 7.01. The van der Waals surface area contributed by atoms with Gasteiger partial charge in [0, 0.05) is 47.7 Å². The Morgan fingerprint density at radius 3 is 2.61 bits per heavy atom. The summed E-state index contributed by atoms with van der Waals surface area (Å²) in [6.07, 6.45) is 0.626. The smallest absolute Gasteiger partial charge is 0.249 e. The Balaban J connectivity index is 1.75. The Labute approximate surface area is 179 Å². The molecule has 1 saturated carbocycles. The van der Waals surface area contributed by atoms with Crippen molar-refractivity contribution in [3.8, 4) is 6.07 Å². The second-order valence-corrected chi connectivity index (χ2v) is 10.1. The summed E-state index contributed by atoms with van der Waals surface area (Å²) in [5, 5.41) is 20.3. The summed E-state index contributed by atoms with van der Waals surface area (Å²) in [5.74, 6) is -2.39. The second-order valence-electron chi connectivity index (χ2n) is 10.1. The first-order valence-electron chi connectivity index (χ1n) is 10.6. The molecule has 0 spiro atoms. The van der Waals surface area contributed by atoms with Crippen LogP contribution in [0, 0.1) is 16.7 Å². The number of nitriles is 1. The average molecular weight is 422 g/mol. The van der Waals surface area contributed by atoms with E-state index in [1.165, 1.54) is 0 Å². The molecule has 31 heavy (non-hydrogen) atoms. The van der Waals surface area contributed by atoms with E-state index in [1.807, 2.05) is 13.0 Å². The van der Waals surface area contributed by atoms with E-state index in [4.69, 9.17) is 0 Å². The van der Waals surface area contributed by atoms with Gasteiger partial charge in [0.05, 0.1) is 17.0 Å². The quantitative estimate of drug-likeness (QED) is 0.700. The lowest BCUT2D eigenvalue weighted by Gasteiger charge is -2.45. The fraction of sp³-hybridized carbons (Fsp3) is 0.458. The number of hydrogen-bond acceptors (Lipinski definition) is 4. The number of ketones is 1. The molecule has 2 aliphatic carbocycles. The fourth-order valence-electron chi connectivity index (χ4n) is 5.58. The molecule has 2 N–H and O–H groups in total. The summed E-state index contributed by atoms with van der Waals surface area (Å²) in [6, 6.07) is 9.38. The lowest BCUT2D eigenvalue weighted by molar-refractivity contribution is -0.118. The molecule has 0 radical (unpaired) electrons. The number of nitrogens with zero attached hydrogens (tertiary/aromatic N) is 2. The first-order chi connectivity index (χ1) is 14.5. The van der Waals surface area contributed by atoms with Crippen LogP contribution in [0.3, 0.4) is 0 Å². The number of H-pyrrole nitrogens is 1. The molecule has 2 heterocycles. The summed E-state index contributed by atoms with van der Waals surface area (Å²) < 4.78 is 27.4. The molecule has 160 valence electrons. The number of carbonyl (C=O) groups excluding carboxylic acids is 1. The van der Waals surface area contributed by atoms with E-state index in [2.05, 4.69) is 35.4 Å².